The largest absolute Gasteiger partial charge is 0.488 e. The molecule has 36 heavy (non-hydrogen) atoms. The summed E-state index contributed by atoms with van der Waals surface area (Å²) in [4.78, 5) is 11.1. The van der Waals surface area contributed by atoms with Crippen LogP contribution in [0.25, 0.3) is 16.9 Å². The number of aliphatic carboxylic acids is 1. The number of benzene rings is 3. The third-order valence-electron chi connectivity index (χ3n) is 5.50. The maximum Gasteiger partial charge on any atom is 0.416 e. The van der Waals surface area contributed by atoms with E-state index >= 15 is 0 Å². The normalized spacial score (nSPS) is 11.1. The summed E-state index contributed by atoms with van der Waals surface area (Å²) < 4.78 is 63.0. The van der Waals surface area contributed by atoms with E-state index in [-0.39, 0.29) is 43.1 Å². The number of aromatic nitrogens is 1. The quantitative estimate of drug-likeness (QED) is 0.269. The third kappa shape index (κ3) is 5.76. The number of hydrogen-bond donors (Lipinski definition) is 1. The molecule has 188 valence electrons. The molecule has 1 N–H and O–H groups in total. The van der Waals surface area contributed by atoms with E-state index in [4.69, 9.17) is 9.84 Å². The number of carbonyl (C=O) groups is 1. The molecule has 0 spiro atoms. The maximum atomic E-state index is 14.9. The van der Waals surface area contributed by atoms with Gasteiger partial charge in [0.2, 0.25) is 0 Å². The van der Waals surface area contributed by atoms with Crippen LogP contribution in [-0.4, -0.2) is 15.6 Å². The van der Waals surface area contributed by atoms with Crippen molar-refractivity contribution in [3.05, 3.63) is 107 Å². The second-order valence-corrected chi connectivity index (χ2v) is 8.03. The summed E-state index contributed by atoms with van der Waals surface area (Å²) in [5, 5.41) is 9.12. The maximum absolute atomic E-state index is 14.9. The number of nitrogens with zero attached hydrogens (tertiary/aromatic N) is 1. The second-order valence-electron chi connectivity index (χ2n) is 8.03. The molecule has 1 heterocycles. The minimum atomic E-state index is -4.59. The van der Waals surface area contributed by atoms with Gasteiger partial charge >= 0.3 is 12.1 Å². The van der Waals surface area contributed by atoms with E-state index in [0.717, 1.165) is 23.8 Å². The molecule has 0 aliphatic carbocycles. The van der Waals surface area contributed by atoms with E-state index in [9.17, 15) is 22.4 Å². The van der Waals surface area contributed by atoms with Crippen molar-refractivity contribution in [2.45, 2.75) is 33.6 Å². The summed E-state index contributed by atoms with van der Waals surface area (Å²) in [5.41, 5.74) is 1.32. The van der Waals surface area contributed by atoms with E-state index < -0.39 is 23.5 Å². The van der Waals surface area contributed by atoms with Crippen molar-refractivity contribution in [2.75, 3.05) is 0 Å². The third-order valence-corrected chi connectivity index (χ3v) is 5.50. The molecule has 0 amide bonds. The van der Waals surface area contributed by atoms with Crippen LogP contribution in [0.3, 0.4) is 0 Å². The van der Waals surface area contributed by atoms with Gasteiger partial charge in [-0.2, -0.15) is 13.2 Å². The molecule has 1 aromatic heterocycles. The van der Waals surface area contributed by atoms with Crippen LogP contribution in [0.4, 0.5) is 17.6 Å². The Kier molecular flexibility index (Phi) is 7.87. The van der Waals surface area contributed by atoms with Crippen molar-refractivity contribution in [2.24, 2.45) is 0 Å². The van der Waals surface area contributed by atoms with Crippen LogP contribution in [0.5, 0.6) is 5.75 Å². The minimum Gasteiger partial charge on any atom is -0.488 e. The summed E-state index contributed by atoms with van der Waals surface area (Å²) in [5.74, 6) is -1.52. The van der Waals surface area contributed by atoms with Gasteiger partial charge in [0.1, 0.15) is 18.2 Å². The summed E-state index contributed by atoms with van der Waals surface area (Å²) in [7, 11) is 0. The highest BCUT2D eigenvalue weighted by Gasteiger charge is 2.32. The van der Waals surface area contributed by atoms with Crippen molar-refractivity contribution in [3.63, 3.8) is 0 Å². The predicted octanol–water partition coefficient (Wildman–Crippen LogP) is 7.45. The Labute approximate surface area is 206 Å². The highest BCUT2D eigenvalue weighted by molar-refractivity contribution is 5.73. The van der Waals surface area contributed by atoms with Crippen LogP contribution in [0, 0.1) is 12.7 Å². The van der Waals surface area contributed by atoms with Gasteiger partial charge < -0.3 is 14.4 Å². The van der Waals surface area contributed by atoms with Gasteiger partial charge in [-0.3, -0.25) is 4.79 Å². The smallest absolute Gasteiger partial charge is 0.416 e. The first-order chi connectivity index (χ1) is 16.6. The number of ether oxygens (including phenoxy) is 1. The van der Waals surface area contributed by atoms with Gasteiger partial charge in [0.15, 0.2) is 0 Å². The van der Waals surface area contributed by atoms with Gasteiger partial charge in [0.05, 0.1) is 23.4 Å². The molecule has 0 bridgehead atoms. The van der Waals surface area contributed by atoms with Crippen LogP contribution in [0.2, 0.25) is 0 Å². The van der Waals surface area contributed by atoms with Crippen LogP contribution in [0.1, 0.15) is 29.8 Å². The number of hydrogen-bond acceptors (Lipinski definition) is 2. The fourth-order valence-electron chi connectivity index (χ4n) is 3.85. The van der Waals surface area contributed by atoms with Gasteiger partial charge in [0.25, 0.3) is 0 Å². The zero-order valence-corrected chi connectivity index (χ0v) is 18.6. The van der Waals surface area contributed by atoms with Crippen LogP contribution < -0.4 is 4.74 Å². The van der Waals surface area contributed by atoms with Crippen molar-refractivity contribution in [1.29, 1.82) is 0 Å². The van der Waals surface area contributed by atoms with E-state index in [2.05, 4.69) is 0 Å². The summed E-state index contributed by atoms with van der Waals surface area (Å²) >= 11 is 0. The van der Waals surface area contributed by atoms with E-state index in [0.29, 0.717) is 11.3 Å². The highest BCUT2D eigenvalue weighted by Crippen LogP contribution is 2.39. The van der Waals surface area contributed by atoms with Gasteiger partial charge in [0, 0.05) is 11.3 Å². The zero-order valence-electron chi connectivity index (χ0n) is 18.6. The first-order valence-electron chi connectivity index (χ1n) is 10.7. The van der Waals surface area contributed by atoms with E-state index in [1.807, 2.05) is 30.3 Å². The Bertz CT molecular complexity index is 1360. The molecule has 0 unspecified atom stereocenters. The molecule has 4 nitrogen and oxygen atoms in total. The van der Waals surface area contributed by atoms with E-state index in [1.165, 1.54) is 22.8 Å². The van der Waals surface area contributed by atoms with Gasteiger partial charge in [-0.25, -0.2) is 4.39 Å². The average molecular weight is 500 g/mol. The molecule has 0 atom stereocenters. The van der Waals surface area contributed by atoms with Gasteiger partial charge in [-0.15, -0.1) is 0 Å². The molecule has 0 radical (unpaired) electrons. The fourth-order valence-corrected chi connectivity index (χ4v) is 3.85. The molecule has 4 rings (SSSR count). The first-order valence-corrected chi connectivity index (χ1v) is 10.7. The van der Waals surface area contributed by atoms with Gasteiger partial charge in [-0.05, 0) is 60.5 Å². The number of aryl methyl sites for hydroxylation is 1. The molecule has 0 aliphatic rings. The van der Waals surface area contributed by atoms with Crippen LogP contribution in [-0.2, 0) is 24.0 Å². The minimum absolute atomic E-state index is 0. The molecule has 0 saturated heterocycles. The monoisotopic (exact) mass is 499 g/mol. The highest BCUT2D eigenvalue weighted by atomic mass is 19.4. The van der Waals surface area contributed by atoms with E-state index in [1.54, 1.807) is 19.1 Å². The molecule has 4 aromatic rings. The SMILES string of the molecule is C.Cc1ccc(-c2cc(C(F)(F)F)ccc2OCc2ccccc2)n1-c1cc(CC(=O)O)ccc1F. The van der Waals surface area contributed by atoms with Crippen molar-refractivity contribution >= 4 is 5.97 Å². The lowest BCUT2D eigenvalue weighted by molar-refractivity contribution is -0.138. The summed E-state index contributed by atoms with van der Waals surface area (Å²) in [6.07, 6.45) is -4.91. The summed E-state index contributed by atoms with van der Waals surface area (Å²) in [6, 6.07) is 19.5. The van der Waals surface area contributed by atoms with Crippen molar-refractivity contribution in [1.82, 2.24) is 4.57 Å². The Hall–Kier alpha value is -4.07. The Morgan fingerprint density at radius 3 is 2.33 bits per heavy atom. The fraction of sp³-hybridized carbons (Fsp3) is 0.179. The molecule has 8 heteroatoms. The predicted molar refractivity (Wildman–Crippen MR) is 130 cm³/mol. The Morgan fingerprint density at radius 2 is 1.67 bits per heavy atom. The van der Waals surface area contributed by atoms with Crippen LogP contribution >= 0.6 is 0 Å². The van der Waals surface area contributed by atoms with Gasteiger partial charge in [-0.1, -0.05) is 43.8 Å². The average Bonchev–Trinajstić information content (AvgIpc) is 3.19. The molecule has 0 fully saturated rings. The number of carboxylic acids is 1. The number of halogens is 4. The van der Waals surface area contributed by atoms with Crippen molar-refractivity contribution < 1.29 is 32.2 Å². The molecule has 0 aliphatic heterocycles. The lowest BCUT2D eigenvalue weighted by Crippen LogP contribution is -2.08. The lowest BCUT2D eigenvalue weighted by Gasteiger charge is -2.18. The first kappa shape index (κ1) is 26.5. The second kappa shape index (κ2) is 10.7. The molecular weight excluding hydrogens is 474 g/mol. The Morgan fingerprint density at radius 1 is 0.944 bits per heavy atom. The zero-order chi connectivity index (χ0) is 25.2. The standard InChI is InChI=1S/C27H21F4NO3.CH4/c1-17-7-11-23(32(17)24-13-19(14-26(33)34)8-10-22(24)28)21-15-20(27(29,30)31)9-12-25(21)35-16-18-5-3-2-4-6-18;/h2-13,15H,14,16H2,1H3,(H,33,34);1H4. The van der Waals surface area contributed by atoms with Crippen LogP contribution in [0.15, 0.2) is 78.9 Å². The topological polar surface area (TPSA) is 51.5 Å². The number of carboxylic acid groups (broad SMARTS) is 1. The molecular formula is C28H25F4NO3. The number of alkyl halides is 3. The molecule has 0 saturated carbocycles. The Balaban J connectivity index is 0.00000361. The number of rotatable bonds is 7. The molecule has 3 aromatic carbocycles. The summed E-state index contributed by atoms with van der Waals surface area (Å²) in [6.45, 7) is 1.81. The van der Waals surface area contributed by atoms with Crippen molar-refractivity contribution in [3.8, 4) is 22.7 Å². The lowest BCUT2D eigenvalue weighted by atomic mass is 10.1.